The lowest BCUT2D eigenvalue weighted by molar-refractivity contribution is -0.140. The smallest absolute Gasteiger partial charge is 0.243 e. The van der Waals surface area contributed by atoms with Crippen molar-refractivity contribution in [3.8, 4) is 0 Å². The highest BCUT2D eigenvalue weighted by Crippen LogP contribution is 2.21. The molecule has 0 saturated carbocycles. The number of nitrogens with one attached hydrogen (secondary N) is 1. The molecule has 2 aromatic carbocycles. The van der Waals surface area contributed by atoms with Gasteiger partial charge in [0.25, 0.3) is 0 Å². The van der Waals surface area contributed by atoms with E-state index in [2.05, 4.69) is 5.32 Å². The zero-order chi connectivity index (χ0) is 24.1. The van der Waals surface area contributed by atoms with Crippen LogP contribution in [-0.4, -0.2) is 55.1 Å². The molecular formula is C22H27Cl2N3O4S. The van der Waals surface area contributed by atoms with Gasteiger partial charge in [-0.1, -0.05) is 41.4 Å². The van der Waals surface area contributed by atoms with Gasteiger partial charge in [0.2, 0.25) is 21.8 Å². The topological polar surface area (TPSA) is 86.8 Å². The molecule has 0 radical (unpaired) electrons. The molecule has 0 heterocycles. The highest BCUT2D eigenvalue weighted by molar-refractivity contribution is 7.89. The first-order valence-corrected chi connectivity index (χ1v) is 12.2. The van der Waals surface area contributed by atoms with E-state index in [1.165, 1.54) is 36.2 Å². The molecule has 32 heavy (non-hydrogen) atoms. The molecule has 0 unspecified atom stereocenters. The molecule has 0 aliphatic heterocycles. The van der Waals surface area contributed by atoms with Crippen LogP contribution in [0.15, 0.2) is 53.4 Å². The Hall–Kier alpha value is -2.13. The van der Waals surface area contributed by atoms with Crippen molar-refractivity contribution in [2.75, 3.05) is 13.6 Å². The van der Waals surface area contributed by atoms with Crippen LogP contribution in [0.25, 0.3) is 0 Å². The summed E-state index contributed by atoms with van der Waals surface area (Å²) in [6.45, 7) is 4.84. The molecule has 0 aliphatic rings. The number of benzene rings is 2. The zero-order valence-corrected chi connectivity index (χ0v) is 20.7. The lowest BCUT2D eigenvalue weighted by Crippen LogP contribution is -2.51. The molecule has 0 saturated heterocycles. The van der Waals surface area contributed by atoms with Crippen molar-refractivity contribution in [3.05, 3.63) is 64.1 Å². The van der Waals surface area contributed by atoms with E-state index in [9.17, 15) is 18.0 Å². The van der Waals surface area contributed by atoms with Gasteiger partial charge in [0.15, 0.2) is 0 Å². The molecule has 1 atom stereocenters. The third-order valence-corrected chi connectivity index (χ3v) is 7.21. The molecule has 0 aromatic heterocycles. The number of carbonyl (C=O) groups excluding carboxylic acids is 2. The SMILES string of the molecule is CC(C)NC(=O)[C@H](C)N(Cc1ccccc1Cl)C(=O)CN(C)S(=O)(=O)c1ccc(Cl)cc1. The second kappa shape index (κ2) is 11.1. The summed E-state index contributed by atoms with van der Waals surface area (Å²) >= 11 is 12.1. The third-order valence-electron chi connectivity index (χ3n) is 4.78. The van der Waals surface area contributed by atoms with Crippen molar-refractivity contribution < 1.29 is 18.0 Å². The van der Waals surface area contributed by atoms with Crippen LogP contribution in [0.4, 0.5) is 0 Å². The van der Waals surface area contributed by atoms with E-state index in [-0.39, 0.29) is 23.4 Å². The minimum Gasteiger partial charge on any atom is -0.352 e. The Labute approximate surface area is 199 Å². The first-order valence-electron chi connectivity index (χ1n) is 9.98. The van der Waals surface area contributed by atoms with Crippen molar-refractivity contribution >= 4 is 45.0 Å². The number of hydrogen-bond donors (Lipinski definition) is 1. The van der Waals surface area contributed by atoms with E-state index in [4.69, 9.17) is 23.2 Å². The maximum absolute atomic E-state index is 13.2. The van der Waals surface area contributed by atoms with Gasteiger partial charge >= 0.3 is 0 Å². The molecule has 2 rings (SSSR count). The minimum absolute atomic E-state index is 0.0143. The number of nitrogens with zero attached hydrogens (tertiary/aromatic N) is 2. The Morgan fingerprint density at radius 1 is 1.00 bits per heavy atom. The molecule has 7 nitrogen and oxygen atoms in total. The lowest BCUT2D eigenvalue weighted by Gasteiger charge is -2.31. The Balaban J connectivity index is 2.29. The molecule has 0 bridgehead atoms. The number of carbonyl (C=O) groups is 2. The molecule has 0 aliphatic carbocycles. The van der Waals surface area contributed by atoms with Gasteiger partial charge in [0.1, 0.15) is 6.04 Å². The fourth-order valence-corrected chi connectivity index (χ4v) is 4.39. The second-order valence-corrected chi connectivity index (χ2v) is 10.6. The van der Waals surface area contributed by atoms with E-state index in [0.717, 1.165) is 4.31 Å². The van der Waals surface area contributed by atoms with Crippen LogP contribution >= 0.6 is 23.2 Å². The Morgan fingerprint density at radius 3 is 2.16 bits per heavy atom. The van der Waals surface area contributed by atoms with Crippen LogP contribution in [0.5, 0.6) is 0 Å². The van der Waals surface area contributed by atoms with Gasteiger partial charge in [-0.3, -0.25) is 9.59 Å². The summed E-state index contributed by atoms with van der Waals surface area (Å²) in [7, 11) is -2.62. The summed E-state index contributed by atoms with van der Waals surface area (Å²) in [5, 5.41) is 3.63. The average Bonchev–Trinajstić information content (AvgIpc) is 2.72. The van der Waals surface area contributed by atoms with Crippen LogP contribution in [0.1, 0.15) is 26.3 Å². The molecule has 0 fully saturated rings. The fraction of sp³-hybridized carbons (Fsp3) is 0.364. The van der Waals surface area contributed by atoms with Crippen LogP contribution in [-0.2, 0) is 26.2 Å². The monoisotopic (exact) mass is 499 g/mol. The molecule has 10 heteroatoms. The number of sulfonamides is 1. The van der Waals surface area contributed by atoms with Gasteiger partial charge in [0.05, 0.1) is 11.4 Å². The van der Waals surface area contributed by atoms with Crippen molar-refractivity contribution in [1.29, 1.82) is 0 Å². The van der Waals surface area contributed by atoms with Crippen LogP contribution < -0.4 is 5.32 Å². The second-order valence-electron chi connectivity index (χ2n) is 7.67. The van der Waals surface area contributed by atoms with Gasteiger partial charge in [-0.05, 0) is 56.7 Å². The van der Waals surface area contributed by atoms with E-state index in [1.807, 2.05) is 13.8 Å². The maximum atomic E-state index is 13.2. The predicted octanol–water partition coefficient (Wildman–Crippen LogP) is 3.56. The summed E-state index contributed by atoms with van der Waals surface area (Å²) in [6, 6.07) is 11.7. The Bertz CT molecular complexity index is 1060. The van der Waals surface area contributed by atoms with Crippen molar-refractivity contribution in [1.82, 2.24) is 14.5 Å². The van der Waals surface area contributed by atoms with Crippen LogP contribution in [0.2, 0.25) is 10.0 Å². The third kappa shape index (κ3) is 6.68. The quantitative estimate of drug-likeness (QED) is 0.571. The van der Waals surface area contributed by atoms with E-state index < -0.39 is 28.5 Å². The first-order chi connectivity index (χ1) is 14.9. The van der Waals surface area contributed by atoms with E-state index >= 15 is 0 Å². The van der Waals surface area contributed by atoms with Gasteiger partial charge in [-0.2, -0.15) is 4.31 Å². The zero-order valence-electron chi connectivity index (χ0n) is 18.4. The first kappa shape index (κ1) is 26.1. The summed E-state index contributed by atoms with van der Waals surface area (Å²) in [6.07, 6.45) is 0. The summed E-state index contributed by atoms with van der Waals surface area (Å²) in [4.78, 5) is 27.2. The van der Waals surface area contributed by atoms with E-state index in [0.29, 0.717) is 15.6 Å². The standard InChI is InChI=1S/C22H27Cl2N3O4S/c1-15(2)25-22(29)16(3)27(13-17-7-5-6-8-20(17)24)21(28)14-26(4)32(30,31)19-11-9-18(23)10-12-19/h5-12,15-16H,13-14H2,1-4H3,(H,25,29)/t16-/m0/s1. The highest BCUT2D eigenvalue weighted by atomic mass is 35.5. The largest absolute Gasteiger partial charge is 0.352 e. The summed E-state index contributed by atoms with van der Waals surface area (Å²) < 4.78 is 26.7. The van der Waals surface area contributed by atoms with E-state index in [1.54, 1.807) is 31.2 Å². The van der Waals surface area contributed by atoms with Gasteiger partial charge in [0, 0.05) is 29.7 Å². The summed E-state index contributed by atoms with van der Waals surface area (Å²) in [5.74, 6) is -0.875. The fourth-order valence-electron chi connectivity index (χ4n) is 2.95. The summed E-state index contributed by atoms with van der Waals surface area (Å²) in [5.41, 5.74) is 0.648. The minimum atomic E-state index is -3.93. The molecule has 1 N–H and O–H groups in total. The normalized spacial score (nSPS) is 12.6. The average molecular weight is 500 g/mol. The highest BCUT2D eigenvalue weighted by Gasteiger charge is 2.30. The van der Waals surface area contributed by atoms with Gasteiger partial charge in [-0.15, -0.1) is 0 Å². The number of likely N-dealkylation sites (N-methyl/N-ethyl adjacent to an activating group) is 1. The molecule has 2 aromatic rings. The van der Waals surface area contributed by atoms with Crippen molar-refractivity contribution in [3.63, 3.8) is 0 Å². The number of rotatable bonds is 9. The maximum Gasteiger partial charge on any atom is 0.243 e. The van der Waals surface area contributed by atoms with Crippen molar-refractivity contribution in [2.45, 2.75) is 44.3 Å². The molecule has 2 amide bonds. The number of halogens is 2. The molecule has 174 valence electrons. The number of amides is 2. The Morgan fingerprint density at radius 2 is 1.59 bits per heavy atom. The van der Waals surface area contributed by atoms with Gasteiger partial charge in [-0.25, -0.2) is 8.42 Å². The Kier molecular flexibility index (Phi) is 9.09. The van der Waals surface area contributed by atoms with Crippen molar-refractivity contribution in [2.24, 2.45) is 0 Å². The van der Waals surface area contributed by atoms with Crippen LogP contribution in [0.3, 0.4) is 0 Å². The lowest BCUT2D eigenvalue weighted by atomic mass is 10.1. The van der Waals surface area contributed by atoms with Crippen LogP contribution in [0, 0.1) is 0 Å². The van der Waals surface area contributed by atoms with Gasteiger partial charge < -0.3 is 10.2 Å². The molecule has 0 spiro atoms. The number of hydrogen-bond acceptors (Lipinski definition) is 4. The molecular weight excluding hydrogens is 473 g/mol. The predicted molar refractivity (Wildman–Crippen MR) is 126 cm³/mol.